The number of hydrogen-bond acceptors (Lipinski definition) is 7. The summed E-state index contributed by atoms with van der Waals surface area (Å²) in [7, 11) is 0. The minimum Gasteiger partial charge on any atom is -0.489 e. The number of hydrogen-bond donors (Lipinski definition) is 2. The third-order valence-electron chi connectivity index (χ3n) is 8.14. The van der Waals surface area contributed by atoms with Gasteiger partial charge in [-0.2, -0.15) is 5.21 Å². The lowest BCUT2D eigenvalue weighted by Gasteiger charge is -2.41. The highest BCUT2D eigenvalue weighted by atomic mass is 16.5. The van der Waals surface area contributed by atoms with Crippen molar-refractivity contribution in [1.29, 1.82) is 0 Å². The first kappa shape index (κ1) is 28.3. The molecule has 1 fully saturated rings. The molecule has 2 aromatic heterocycles. The molecule has 1 saturated carbocycles. The van der Waals surface area contributed by atoms with Crippen LogP contribution in [-0.4, -0.2) is 48.7 Å². The van der Waals surface area contributed by atoms with E-state index in [0.29, 0.717) is 36.1 Å². The normalized spacial score (nSPS) is 17.4. The van der Waals surface area contributed by atoms with E-state index in [0.717, 1.165) is 47.7 Å². The second-order valence-electron chi connectivity index (χ2n) is 11.8. The predicted octanol–water partition coefficient (Wildman–Crippen LogP) is 6.00. The molecule has 41 heavy (non-hydrogen) atoms. The molecule has 5 rings (SSSR count). The lowest BCUT2D eigenvalue weighted by atomic mass is 9.71. The van der Waals surface area contributed by atoms with Gasteiger partial charge in [-0.05, 0) is 79.0 Å². The standard InChI is InChI=1S/C31H40N8O2/c1-6-18-41-25-16-17-26-27(19-25)38(7-2)30(32-26)39(24-14-12-23(13-15-24)31(3,4)5)20-21-8-10-22(11-9-21)28(40)33-29-34-36-37-35-29/h6,8-11,16-17,19,23-24H,1,7,12-15,18,20H2,2-5H3,(H2,33,34,35,36,37,40). The highest BCUT2D eigenvalue weighted by Crippen LogP contribution is 2.40. The summed E-state index contributed by atoms with van der Waals surface area (Å²) in [6.07, 6.45) is 6.39. The maximum atomic E-state index is 12.6. The van der Waals surface area contributed by atoms with Crippen LogP contribution in [0.5, 0.6) is 5.75 Å². The number of nitrogens with zero attached hydrogens (tertiary/aromatic N) is 6. The molecule has 2 aromatic carbocycles. The van der Waals surface area contributed by atoms with Gasteiger partial charge in [0.05, 0.1) is 11.0 Å². The van der Waals surface area contributed by atoms with Crippen molar-refractivity contribution in [2.24, 2.45) is 11.3 Å². The van der Waals surface area contributed by atoms with Crippen molar-refractivity contribution >= 4 is 28.8 Å². The first-order valence-electron chi connectivity index (χ1n) is 14.4. The fourth-order valence-electron chi connectivity index (χ4n) is 5.83. The molecule has 0 unspecified atom stereocenters. The fraction of sp³-hybridized carbons (Fsp3) is 0.452. The molecule has 1 aliphatic carbocycles. The molecule has 2 heterocycles. The number of carbonyl (C=O) groups excluding carboxylic acids is 1. The van der Waals surface area contributed by atoms with Crippen molar-refractivity contribution in [3.63, 3.8) is 0 Å². The van der Waals surface area contributed by atoms with Gasteiger partial charge in [0.2, 0.25) is 5.95 Å². The Kier molecular flexibility index (Phi) is 8.37. The lowest BCUT2D eigenvalue weighted by molar-refractivity contribution is 0.102. The summed E-state index contributed by atoms with van der Waals surface area (Å²) in [6, 6.07) is 14.2. The van der Waals surface area contributed by atoms with Crippen molar-refractivity contribution in [3.05, 3.63) is 66.2 Å². The first-order chi connectivity index (χ1) is 19.8. The van der Waals surface area contributed by atoms with Gasteiger partial charge in [-0.3, -0.25) is 10.1 Å². The summed E-state index contributed by atoms with van der Waals surface area (Å²) in [5.41, 5.74) is 3.97. The van der Waals surface area contributed by atoms with Gasteiger partial charge in [-0.25, -0.2) is 4.98 Å². The Bertz CT molecular complexity index is 1460. The number of H-pyrrole nitrogens is 1. The van der Waals surface area contributed by atoms with E-state index in [2.05, 4.69) is 75.7 Å². The monoisotopic (exact) mass is 556 g/mol. The number of nitrogens with one attached hydrogen (secondary N) is 2. The van der Waals surface area contributed by atoms with Gasteiger partial charge in [0.25, 0.3) is 11.9 Å². The number of aryl methyl sites for hydroxylation is 1. The Morgan fingerprint density at radius 3 is 2.56 bits per heavy atom. The van der Waals surface area contributed by atoms with Crippen molar-refractivity contribution in [2.45, 2.75) is 72.5 Å². The van der Waals surface area contributed by atoms with E-state index in [1.807, 2.05) is 36.4 Å². The minimum atomic E-state index is -0.280. The molecule has 0 radical (unpaired) electrons. The highest BCUT2D eigenvalue weighted by Gasteiger charge is 2.33. The number of benzene rings is 2. The average Bonchev–Trinajstić information content (AvgIpc) is 3.62. The summed E-state index contributed by atoms with van der Waals surface area (Å²) in [4.78, 5) is 20.3. The van der Waals surface area contributed by atoms with Crippen molar-refractivity contribution in [3.8, 4) is 5.75 Å². The topological polar surface area (TPSA) is 114 Å². The van der Waals surface area contributed by atoms with Gasteiger partial charge in [0.1, 0.15) is 12.4 Å². The third kappa shape index (κ3) is 6.42. The fourth-order valence-corrected chi connectivity index (χ4v) is 5.83. The highest BCUT2D eigenvalue weighted by molar-refractivity contribution is 6.03. The summed E-state index contributed by atoms with van der Waals surface area (Å²) >= 11 is 0. The number of aromatic nitrogens is 6. The lowest BCUT2D eigenvalue weighted by Crippen LogP contribution is -2.41. The maximum absolute atomic E-state index is 12.6. The maximum Gasteiger partial charge on any atom is 0.270 e. The minimum absolute atomic E-state index is 0.146. The van der Waals surface area contributed by atoms with E-state index in [1.165, 1.54) is 12.8 Å². The number of aromatic amines is 1. The zero-order valence-corrected chi connectivity index (χ0v) is 24.4. The van der Waals surface area contributed by atoms with Crippen molar-refractivity contribution < 1.29 is 9.53 Å². The van der Waals surface area contributed by atoms with Crippen molar-refractivity contribution in [2.75, 3.05) is 16.8 Å². The SMILES string of the molecule is C=CCOc1ccc2nc(N(Cc3ccc(C(=O)Nc4nn[nH]n4)cc3)C3CCC(C(C)(C)C)CC3)n(CC)c2c1. The number of amides is 1. The van der Waals surface area contributed by atoms with E-state index in [-0.39, 0.29) is 11.9 Å². The quantitative estimate of drug-likeness (QED) is 0.230. The van der Waals surface area contributed by atoms with Crippen LogP contribution < -0.4 is 15.0 Å². The summed E-state index contributed by atoms with van der Waals surface area (Å²) < 4.78 is 8.12. The average molecular weight is 557 g/mol. The van der Waals surface area contributed by atoms with Crippen LogP contribution in [0.15, 0.2) is 55.1 Å². The van der Waals surface area contributed by atoms with Crippen LogP contribution in [0.3, 0.4) is 0 Å². The molecule has 0 atom stereocenters. The van der Waals surface area contributed by atoms with Gasteiger partial charge in [0.15, 0.2) is 0 Å². The molecule has 4 aromatic rings. The van der Waals surface area contributed by atoms with Crippen LogP contribution in [0.2, 0.25) is 0 Å². The van der Waals surface area contributed by atoms with E-state index in [4.69, 9.17) is 9.72 Å². The number of anilines is 2. The van der Waals surface area contributed by atoms with Gasteiger partial charge in [0, 0.05) is 30.8 Å². The molecule has 216 valence electrons. The van der Waals surface area contributed by atoms with Gasteiger partial charge < -0.3 is 14.2 Å². The number of fused-ring (bicyclic) bond motifs is 1. The Hall–Kier alpha value is -4.21. The van der Waals surface area contributed by atoms with E-state index >= 15 is 0 Å². The van der Waals surface area contributed by atoms with E-state index in [9.17, 15) is 4.79 Å². The Morgan fingerprint density at radius 2 is 1.93 bits per heavy atom. The first-order valence-corrected chi connectivity index (χ1v) is 14.4. The zero-order chi connectivity index (χ0) is 29.0. The number of ether oxygens (including phenoxy) is 1. The molecule has 0 bridgehead atoms. The Balaban J connectivity index is 1.44. The molecular formula is C31H40N8O2. The zero-order valence-electron chi connectivity index (χ0n) is 24.4. The molecule has 10 heteroatoms. The largest absolute Gasteiger partial charge is 0.489 e. The molecular weight excluding hydrogens is 516 g/mol. The Labute approximate surface area is 241 Å². The van der Waals surface area contributed by atoms with Gasteiger partial charge >= 0.3 is 0 Å². The van der Waals surface area contributed by atoms with Crippen molar-refractivity contribution in [1.82, 2.24) is 30.2 Å². The summed E-state index contributed by atoms with van der Waals surface area (Å²) in [6.45, 7) is 14.9. The molecule has 1 aliphatic rings. The third-order valence-corrected chi connectivity index (χ3v) is 8.14. The van der Waals surface area contributed by atoms with Crippen LogP contribution >= 0.6 is 0 Å². The Morgan fingerprint density at radius 1 is 1.17 bits per heavy atom. The second-order valence-corrected chi connectivity index (χ2v) is 11.8. The number of rotatable bonds is 10. The molecule has 1 amide bonds. The summed E-state index contributed by atoms with van der Waals surface area (Å²) in [5.74, 6) is 2.37. The number of carbonyl (C=O) groups is 1. The summed E-state index contributed by atoms with van der Waals surface area (Å²) in [5, 5.41) is 16.0. The molecule has 2 N–H and O–H groups in total. The molecule has 0 aliphatic heterocycles. The number of imidazole rings is 1. The van der Waals surface area contributed by atoms with Crippen LogP contribution in [0.4, 0.5) is 11.9 Å². The smallest absolute Gasteiger partial charge is 0.270 e. The van der Waals surface area contributed by atoms with Crippen LogP contribution in [0.25, 0.3) is 11.0 Å². The predicted molar refractivity (Wildman–Crippen MR) is 161 cm³/mol. The molecule has 0 spiro atoms. The second kappa shape index (κ2) is 12.1. The van der Waals surface area contributed by atoms with E-state index < -0.39 is 0 Å². The van der Waals surface area contributed by atoms with Gasteiger partial charge in [-0.1, -0.05) is 50.7 Å². The van der Waals surface area contributed by atoms with Gasteiger partial charge in [-0.15, -0.1) is 5.10 Å². The molecule has 10 nitrogen and oxygen atoms in total. The molecule has 0 saturated heterocycles. The van der Waals surface area contributed by atoms with Crippen LogP contribution in [-0.2, 0) is 13.1 Å². The number of tetrazole rings is 1. The van der Waals surface area contributed by atoms with E-state index in [1.54, 1.807) is 6.08 Å². The van der Waals surface area contributed by atoms with Crippen LogP contribution in [0, 0.1) is 11.3 Å². The van der Waals surface area contributed by atoms with Crippen LogP contribution in [0.1, 0.15) is 69.3 Å².